The van der Waals surface area contributed by atoms with Crippen LogP contribution in [0.1, 0.15) is 48.5 Å². The van der Waals surface area contributed by atoms with E-state index in [-0.39, 0.29) is 35.7 Å². The van der Waals surface area contributed by atoms with E-state index in [0.29, 0.717) is 24.2 Å². The number of sulfonamides is 1. The average Bonchev–Trinajstić information content (AvgIpc) is 2.79. The van der Waals surface area contributed by atoms with Crippen LogP contribution in [0.2, 0.25) is 0 Å². The first kappa shape index (κ1) is 23.0. The molecule has 3 rings (SSSR count). The molecule has 0 aliphatic carbocycles. The van der Waals surface area contributed by atoms with Gasteiger partial charge in [0.25, 0.3) is 5.91 Å². The summed E-state index contributed by atoms with van der Waals surface area (Å²) in [5.41, 5.74) is 1.09. The summed E-state index contributed by atoms with van der Waals surface area (Å²) in [5.74, 6) is -0.495. The SMILES string of the molecule is CC(CC(=O)NCc1ccccc1S(=O)(=O)N1CCCCC1)NC(=O)c1ccccc1. The maximum Gasteiger partial charge on any atom is 0.251 e. The van der Waals surface area contributed by atoms with Gasteiger partial charge in [-0.25, -0.2) is 8.42 Å². The zero-order valence-electron chi connectivity index (χ0n) is 17.7. The van der Waals surface area contributed by atoms with Crippen molar-refractivity contribution in [3.05, 3.63) is 65.7 Å². The van der Waals surface area contributed by atoms with Gasteiger partial charge in [-0.05, 0) is 43.5 Å². The molecule has 31 heavy (non-hydrogen) atoms. The average molecular weight is 444 g/mol. The van der Waals surface area contributed by atoms with Crippen LogP contribution in [0.25, 0.3) is 0 Å². The van der Waals surface area contributed by atoms with Crippen LogP contribution >= 0.6 is 0 Å². The molecule has 8 heteroatoms. The molecular weight excluding hydrogens is 414 g/mol. The highest BCUT2D eigenvalue weighted by Gasteiger charge is 2.28. The standard InChI is InChI=1S/C23H29N3O4S/c1-18(25-23(28)19-10-4-2-5-11-19)16-22(27)24-17-20-12-6-7-13-21(20)31(29,30)26-14-8-3-9-15-26/h2,4-7,10-13,18H,3,8-9,14-17H2,1H3,(H,24,27)(H,25,28). The lowest BCUT2D eigenvalue weighted by molar-refractivity contribution is -0.121. The Hall–Kier alpha value is -2.71. The first-order chi connectivity index (χ1) is 14.9. The van der Waals surface area contributed by atoms with Gasteiger partial charge in [0.05, 0.1) is 4.90 Å². The maximum absolute atomic E-state index is 13.1. The molecular formula is C23H29N3O4S. The van der Waals surface area contributed by atoms with Crippen LogP contribution in [0.5, 0.6) is 0 Å². The Balaban J connectivity index is 1.57. The largest absolute Gasteiger partial charge is 0.352 e. The molecule has 1 atom stereocenters. The quantitative estimate of drug-likeness (QED) is 0.656. The molecule has 2 aromatic carbocycles. The molecule has 2 aromatic rings. The summed E-state index contributed by atoms with van der Waals surface area (Å²) in [4.78, 5) is 24.8. The van der Waals surface area contributed by atoms with Crippen LogP contribution in [0, 0.1) is 0 Å². The number of carbonyl (C=O) groups is 2. The van der Waals surface area contributed by atoms with Gasteiger partial charge in [0.15, 0.2) is 0 Å². The maximum atomic E-state index is 13.1. The third-order valence-corrected chi connectivity index (χ3v) is 7.29. The summed E-state index contributed by atoms with van der Waals surface area (Å²) >= 11 is 0. The first-order valence-electron chi connectivity index (χ1n) is 10.6. The van der Waals surface area contributed by atoms with E-state index in [1.807, 2.05) is 6.07 Å². The predicted molar refractivity (Wildman–Crippen MR) is 119 cm³/mol. The van der Waals surface area contributed by atoms with Crippen LogP contribution in [-0.4, -0.2) is 43.7 Å². The fraction of sp³-hybridized carbons (Fsp3) is 0.391. The number of nitrogens with zero attached hydrogens (tertiary/aromatic N) is 1. The zero-order valence-corrected chi connectivity index (χ0v) is 18.5. The lowest BCUT2D eigenvalue weighted by atomic mass is 10.1. The Kier molecular flexibility index (Phi) is 7.81. The van der Waals surface area contributed by atoms with Gasteiger partial charge in [0.1, 0.15) is 0 Å². The second-order valence-corrected chi connectivity index (χ2v) is 9.70. The minimum absolute atomic E-state index is 0.0968. The van der Waals surface area contributed by atoms with Crippen molar-refractivity contribution in [2.45, 2.75) is 50.1 Å². The fourth-order valence-electron chi connectivity index (χ4n) is 3.64. The van der Waals surface area contributed by atoms with Gasteiger partial charge in [-0.2, -0.15) is 4.31 Å². The Morgan fingerprint density at radius 2 is 1.61 bits per heavy atom. The van der Waals surface area contributed by atoms with Gasteiger partial charge in [0, 0.05) is 37.7 Å². The highest BCUT2D eigenvalue weighted by atomic mass is 32.2. The van der Waals surface area contributed by atoms with Gasteiger partial charge >= 0.3 is 0 Å². The summed E-state index contributed by atoms with van der Waals surface area (Å²) < 4.78 is 27.6. The number of carbonyl (C=O) groups excluding carboxylic acids is 2. The van der Waals surface area contributed by atoms with Crippen molar-refractivity contribution in [2.75, 3.05) is 13.1 Å². The molecule has 1 unspecified atom stereocenters. The summed E-state index contributed by atoms with van der Waals surface area (Å²) in [5, 5.41) is 5.59. The monoisotopic (exact) mass is 443 g/mol. The molecule has 1 saturated heterocycles. The van der Waals surface area contributed by atoms with Crippen molar-refractivity contribution in [3.8, 4) is 0 Å². The molecule has 166 valence electrons. The highest BCUT2D eigenvalue weighted by molar-refractivity contribution is 7.89. The first-order valence-corrected chi connectivity index (χ1v) is 12.0. The summed E-state index contributed by atoms with van der Waals surface area (Å²) in [6.45, 7) is 2.93. The van der Waals surface area contributed by atoms with Crippen LogP contribution < -0.4 is 10.6 Å². The molecule has 0 aromatic heterocycles. The van der Waals surface area contributed by atoms with Crippen molar-refractivity contribution in [3.63, 3.8) is 0 Å². The molecule has 1 heterocycles. The van der Waals surface area contributed by atoms with Crippen LogP contribution in [0.3, 0.4) is 0 Å². The van der Waals surface area contributed by atoms with E-state index in [2.05, 4.69) is 10.6 Å². The molecule has 0 radical (unpaired) electrons. The molecule has 1 aliphatic heterocycles. The fourth-order valence-corrected chi connectivity index (χ4v) is 5.38. The van der Waals surface area contributed by atoms with Gasteiger partial charge in [0.2, 0.25) is 15.9 Å². The molecule has 1 fully saturated rings. The molecule has 0 bridgehead atoms. The summed E-state index contributed by atoms with van der Waals surface area (Å²) in [7, 11) is -3.59. The zero-order chi connectivity index (χ0) is 22.3. The predicted octanol–water partition coefficient (Wildman–Crippen LogP) is 2.69. The van der Waals surface area contributed by atoms with Crippen LogP contribution in [0.4, 0.5) is 0 Å². The highest BCUT2D eigenvalue weighted by Crippen LogP contribution is 2.23. The Morgan fingerprint density at radius 3 is 2.32 bits per heavy atom. The summed E-state index contributed by atoms with van der Waals surface area (Å²) in [6, 6.07) is 15.2. The minimum Gasteiger partial charge on any atom is -0.352 e. The number of nitrogens with one attached hydrogen (secondary N) is 2. The normalized spacial score (nSPS) is 15.8. The number of rotatable bonds is 8. The van der Waals surface area contributed by atoms with E-state index in [0.717, 1.165) is 19.3 Å². The molecule has 0 saturated carbocycles. The topological polar surface area (TPSA) is 95.6 Å². The Labute approximate surface area is 183 Å². The van der Waals surface area contributed by atoms with Crippen LogP contribution in [-0.2, 0) is 21.4 Å². The molecule has 2 N–H and O–H groups in total. The smallest absolute Gasteiger partial charge is 0.251 e. The molecule has 1 aliphatic rings. The lowest BCUT2D eigenvalue weighted by Gasteiger charge is -2.26. The number of hydrogen-bond acceptors (Lipinski definition) is 4. The van der Waals surface area contributed by atoms with Crippen molar-refractivity contribution >= 4 is 21.8 Å². The van der Waals surface area contributed by atoms with Gasteiger partial charge < -0.3 is 10.6 Å². The van der Waals surface area contributed by atoms with E-state index in [1.165, 1.54) is 4.31 Å². The van der Waals surface area contributed by atoms with Crippen LogP contribution in [0.15, 0.2) is 59.5 Å². The molecule has 7 nitrogen and oxygen atoms in total. The van der Waals surface area contributed by atoms with E-state index in [9.17, 15) is 18.0 Å². The number of amides is 2. The number of benzene rings is 2. The lowest BCUT2D eigenvalue weighted by Crippen LogP contribution is -2.38. The van der Waals surface area contributed by atoms with E-state index in [4.69, 9.17) is 0 Å². The molecule has 2 amide bonds. The second-order valence-electron chi connectivity index (χ2n) is 7.79. The van der Waals surface area contributed by atoms with Gasteiger partial charge in [-0.3, -0.25) is 9.59 Å². The number of hydrogen-bond donors (Lipinski definition) is 2. The van der Waals surface area contributed by atoms with Crippen molar-refractivity contribution in [1.29, 1.82) is 0 Å². The van der Waals surface area contributed by atoms with Crippen molar-refractivity contribution in [2.24, 2.45) is 0 Å². The van der Waals surface area contributed by atoms with Gasteiger partial charge in [-0.1, -0.05) is 42.8 Å². The van der Waals surface area contributed by atoms with E-state index >= 15 is 0 Å². The second kappa shape index (κ2) is 10.5. The minimum atomic E-state index is -3.59. The van der Waals surface area contributed by atoms with Crippen molar-refractivity contribution < 1.29 is 18.0 Å². The third kappa shape index (κ3) is 6.15. The Morgan fingerprint density at radius 1 is 0.968 bits per heavy atom. The number of piperidine rings is 1. The summed E-state index contributed by atoms with van der Waals surface area (Å²) in [6.07, 6.45) is 2.87. The van der Waals surface area contributed by atoms with Crippen molar-refractivity contribution in [1.82, 2.24) is 14.9 Å². The molecule has 0 spiro atoms. The van der Waals surface area contributed by atoms with E-state index < -0.39 is 10.0 Å². The Bertz CT molecular complexity index is 1000. The third-order valence-electron chi connectivity index (χ3n) is 5.29. The van der Waals surface area contributed by atoms with E-state index in [1.54, 1.807) is 55.5 Å². The van der Waals surface area contributed by atoms with Gasteiger partial charge in [-0.15, -0.1) is 0 Å².